The molecule has 2 heterocycles. The van der Waals surface area contributed by atoms with Crippen LogP contribution in [-0.4, -0.2) is 56.9 Å². The lowest BCUT2D eigenvalue weighted by Gasteiger charge is -2.24. The second-order valence-corrected chi connectivity index (χ2v) is 11.2. The summed E-state index contributed by atoms with van der Waals surface area (Å²) in [6.45, 7) is 3.39. The van der Waals surface area contributed by atoms with E-state index in [1.165, 1.54) is 0 Å². The molecule has 20 heteroatoms. The van der Waals surface area contributed by atoms with E-state index in [-0.39, 0.29) is 0 Å². The lowest BCUT2D eigenvalue weighted by Crippen LogP contribution is -2.39. The first-order chi connectivity index (χ1) is 14.0. The van der Waals surface area contributed by atoms with Crippen LogP contribution in [0.25, 0.3) is 0 Å². The number of aromatic amines is 1. The molecule has 7 atom stereocenters. The van der Waals surface area contributed by atoms with Gasteiger partial charge in [0, 0.05) is 12.3 Å². The quantitative estimate of drug-likeness (QED) is 0.136. The predicted molar refractivity (Wildman–Crippen MR) is 97.7 cm³/mol. The van der Waals surface area contributed by atoms with Crippen LogP contribution in [0.4, 0.5) is 0 Å². The Morgan fingerprint density at radius 1 is 1.19 bits per heavy atom. The second kappa shape index (κ2) is 7.54. The van der Waals surface area contributed by atoms with Gasteiger partial charge in [0.2, 0.25) is 0 Å². The van der Waals surface area contributed by atoms with Crippen LogP contribution in [0, 0.1) is 0 Å². The van der Waals surface area contributed by atoms with Crippen molar-refractivity contribution in [2.24, 2.45) is 0 Å². The van der Waals surface area contributed by atoms with Crippen LogP contribution in [0.1, 0.15) is 6.23 Å². The molecule has 1 aliphatic heterocycles. The molecule has 0 amide bonds. The van der Waals surface area contributed by atoms with E-state index < -0.39 is 63.6 Å². The molecule has 3 rings (SSSR count). The van der Waals surface area contributed by atoms with Gasteiger partial charge < -0.3 is 29.4 Å². The van der Waals surface area contributed by atoms with Gasteiger partial charge in [-0.25, -0.2) is 18.5 Å². The highest BCUT2D eigenvalue weighted by Crippen LogP contribution is 2.72. The van der Waals surface area contributed by atoms with Crippen molar-refractivity contribution >= 4 is 35.1 Å². The number of hydrogen-bond donors (Lipinski definition) is 6. The first-order valence-electron chi connectivity index (χ1n) is 7.79. The summed E-state index contributed by atoms with van der Waals surface area (Å²) in [7, 11) is -17.0. The molecule has 1 aromatic heterocycles. The summed E-state index contributed by atoms with van der Waals surface area (Å²) in [6, 6.07) is 0.965. The number of fused-ring (bicyclic) bond motifs is 1. The molecule has 1 aromatic rings. The maximum atomic E-state index is 12.1. The van der Waals surface area contributed by atoms with Gasteiger partial charge in [0.15, 0.2) is 17.4 Å². The van der Waals surface area contributed by atoms with Gasteiger partial charge in [-0.1, -0.05) is 6.08 Å². The van der Waals surface area contributed by atoms with Gasteiger partial charge in [-0.15, -0.1) is 18.2 Å². The molecule has 2 aliphatic rings. The predicted octanol–water partition coefficient (Wildman–Crippen LogP) is -0.946. The second-order valence-electron chi connectivity index (χ2n) is 6.33. The topological polar surface area (TPSA) is 244 Å². The fourth-order valence-corrected chi connectivity index (χ4v) is 6.87. The average molecular weight is 527 g/mol. The van der Waals surface area contributed by atoms with Gasteiger partial charge in [0.25, 0.3) is 5.56 Å². The maximum Gasteiger partial charge on any atom is 0.490 e. The Morgan fingerprint density at radius 3 is 2.29 bits per heavy atom. The van der Waals surface area contributed by atoms with E-state index in [0.29, 0.717) is 0 Å². The number of nitrogens with one attached hydrogen (secondary N) is 1. The Morgan fingerprint density at radius 2 is 1.81 bits per heavy atom. The Labute approximate surface area is 176 Å². The number of H-pyrrole nitrogens is 1. The summed E-state index contributed by atoms with van der Waals surface area (Å²) in [5.74, 6) is 0. The number of aliphatic hydroxyl groups is 1. The highest BCUT2D eigenvalue weighted by atomic mass is 35.5. The van der Waals surface area contributed by atoms with E-state index in [1.54, 1.807) is 0 Å². The van der Waals surface area contributed by atoms with Crippen LogP contribution >= 0.6 is 35.1 Å². The van der Waals surface area contributed by atoms with Crippen molar-refractivity contribution in [2.45, 2.75) is 28.9 Å². The molecule has 6 N–H and O–H groups in total. The summed E-state index contributed by atoms with van der Waals surface area (Å²) in [5, 5.41) is 9.31. The summed E-state index contributed by atoms with van der Waals surface area (Å²) in [5.41, 5.74) is -6.00. The first-order valence-corrected chi connectivity index (χ1v) is 12.8. The Hall–Kier alpha value is -0.960. The molecular formula is C11H14ClN2O14P3. The number of aromatic nitrogens is 2. The molecule has 16 nitrogen and oxygen atoms in total. The molecule has 1 saturated heterocycles. The Balaban J connectivity index is 1.83. The van der Waals surface area contributed by atoms with E-state index in [2.05, 4.69) is 19.7 Å². The van der Waals surface area contributed by atoms with Gasteiger partial charge in [0.05, 0.1) is 0 Å². The van der Waals surface area contributed by atoms with E-state index in [1.807, 2.05) is 4.98 Å². The molecule has 174 valence electrons. The minimum absolute atomic E-state index is 0.724. The zero-order chi connectivity index (χ0) is 23.6. The molecule has 0 spiro atoms. The van der Waals surface area contributed by atoms with Crippen molar-refractivity contribution in [2.75, 3.05) is 0 Å². The number of ether oxygens (including phenoxy) is 1. The number of rotatable bonds is 8. The number of nitrogens with zero attached hydrogens (tertiary/aromatic N) is 1. The number of phosphoric ester groups is 1. The SMILES string of the molecule is C=C[C@]12O[C@@H](n3ccc(=O)[nH]c3=O)[C@H](Cl)[C@@]1(O)C2OP(=O)(O)OP(=O)(O)OP(=O)(O)O. The molecule has 2 fully saturated rings. The Kier molecular flexibility index (Phi) is 6.00. The van der Waals surface area contributed by atoms with Crippen molar-refractivity contribution in [1.29, 1.82) is 0 Å². The Bertz CT molecular complexity index is 1180. The van der Waals surface area contributed by atoms with E-state index >= 15 is 0 Å². The minimum Gasteiger partial charge on any atom is -0.382 e. The van der Waals surface area contributed by atoms with Crippen LogP contribution < -0.4 is 11.2 Å². The lowest BCUT2D eigenvalue weighted by atomic mass is 10.1. The molecule has 1 aliphatic carbocycles. The summed E-state index contributed by atoms with van der Waals surface area (Å²) in [4.78, 5) is 61.1. The van der Waals surface area contributed by atoms with Crippen LogP contribution in [0.2, 0.25) is 0 Å². The van der Waals surface area contributed by atoms with Crippen LogP contribution in [-0.2, 0) is 31.6 Å². The third kappa shape index (κ3) is 4.33. The number of hydrogen-bond acceptors (Lipinski definition) is 10. The van der Waals surface area contributed by atoms with Crippen molar-refractivity contribution in [1.82, 2.24) is 9.55 Å². The van der Waals surface area contributed by atoms with Crippen LogP contribution in [0.5, 0.6) is 0 Å². The molecule has 0 bridgehead atoms. The van der Waals surface area contributed by atoms with Crippen molar-refractivity contribution in [3.05, 3.63) is 45.8 Å². The molecule has 31 heavy (non-hydrogen) atoms. The maximum absolute atomic E-state index is 12.1. The van der Waals surface area contributed by atoms with Gasteiger partial charge in [-0.3, -0.25) is 18.9 Å². The third-order valence-corrected chi connectivity index (χ3v) is 8.75. The minimum atomic E-state index is -5.79. The lowest BCUT2D eigenvalue weighted by molar-refractivity contribution is -0.0435. The normalized spacial score (nSPS) is 36.3. The zero-order valence-electron chi connectivity index (χ0n) is 14.7. The molecule has 1 saturated carbocycles. The van der Waals surface area contributed by atoms with Crippen LogP contribution in [0.3, 0.4) is 0 Å². The summed E-state index contributed by atoms with van der Waals surface area (Å²) < 4.78 is 52.3. The van der Waals surface area contributed by atoms with Crippen molar-refractivity contribution < 1.29 is 56.3 Å². The number of alkyl halides is 1. The van der Waals surface area contributed by atoms with Crippen LogP contribution in [0.15, 0.2) is 34.5 Å². The summed E-state index contributed by atoms with van der Waals surface area (Å²) in [6.07, 6.45) is -1.30. The smallest absolute Gasteiger partial charge is 0.382 e. The largest absolute Gasteiger partial charge is 0.490 e. The van der Waals surface area contributed by atoms with E-state index in [4.69, 9.17) is 26.1 Å². The average Bonchev–Trinajstić information content (AvgIpc) is 2.95. The zero-order valence-corrected chi connectivity index (χ0v) is 18.2. The summed E-state index contributed by atoms with van der Waals surface area (Å²) >= 11 is 6.17. The highest BCUT2D eigenvalue weighted by Gasteiger charge is 2.88. The molecule has 0 radical (unpaired) electrons. The van der Waals surface area contributed by atoms with Gasteiger partial charge in [0.1, 0.15) is 11.5 Å². The number of phosphoric acid groups is 3. The third-order valence-electron chi connectivity index (χ3n) is 4.40. The van der Waals surface area contributed by atoms with E-state index in [9.17, 15) is 38.2 Å². The highest BCUT2D eigenvalue weighted by molar-refractivity contribution is 7.66. The fourth-order valence-electron chi connectivity index (χ4n) is 3.17. The van der Waals surface area contributed by atoms with Gasteiger partial charge >= 0.3 is 29.2 Å². The van der Waals surface area contributed by atoms with Gasteiger partial charge in [-0.2, -0.15) is 8.62 Å². The van der Waals surface area contributed by atoms with Crippen molar-refractivity contribution in [3.8, 4) is 0 Å². The van der Waals surface area contributed by atoms with Gasteiger partial charge in [-0.05, 0) is 0 Å². The standard InChI is InChI=1S/C11H14ClN2O14P3/c1-2-10-8(26-30(21,22)28-31(23,24)27-29(18,19)20)11(10,17)6(12)7(25-10)14-4-3-5(15)13-9(14)16/h2-4,6-8,17H,1H2,(H,21,22)(H,23,24)(H,13,15,16)(H2,18,19,20)/t6-,7+,8?,10+,11+/m0/s1. The number of halogens is 1. The monoisotopic (exact) mass is 526 g/mol. The first kappa shape index (κ1) is 24.7. The van der Waals surface area contributed by atoms with Crippen molar-refractivity contribution in [3.63, 3.8) is 0 Å². The van der Waals surface area contributed by atoms with E-state index in [0.717, 1.165) is 22.9 Å². The molecule has 3 unspecified atom stereocenters. The fraction of sp³-hybridized carbons (Fsp3) is 0.455. The molecular weight excluding hydrogens is 512 g/mol. The molecule has 0 aromatic carbocycles.